The number of imide groups is 1. The fraction of sp³-hybridized carbons (Fsp3) is 0.875. The molecule has 120 valence electrons. The van der Waals surface area contributed by atoms with Gasteiger partial charge in [0.05, 0.1) is 13.1 Å². The van der Waals surface area contributed by atoms with Crippen molar-refractivity contribution in [2.24, 2.45) is 11.8 Å². The number of carbonyl (C=O) groups excluding carboxylic acids is 2. The van der Waals surface area contributed by atoms with E-state index in [-0.39, 0.29) is 17.5 Å². The molecule has 2 aliphatic rings. The number of piperidine rings is 1. The molecule has 0 bridgehead atoms. The molecule has 1 saturated heterocycles. The number of urea groups is 1. The largest absolute Gasteiger partial charge is 0.333 e. The molecule has 1 unspecified atom stereocenters. The second-order valence-corrected chi connectivity index (χ2v) is 7.73. The highest BCUT2D eigenvalue weighted by Crippen LogP contribution is 2.32. The number of fused-ring (bicyclic) bond motifs is 1. The van der Waals surface area contributed by atoms with E-state index in [2.05, 4.69) is 10.6 Å². The van der Waals surface area contributed by atoms with Crippen LogP contribution in [0.4, 0.5) is 4.79 Å². The molecule has 5 nitrogen and oxygen atoms in total. The molecule has 1 aliphatic carbocycles. The van der Waals surface area contributed by atoms with Crippen LogP contribution in [0, 0.1) is 11.8 Å². The van der Waals surface area contributed by atoms with E-state index in [1.807, 2.05) is 20.8 Å². The Kier molecular flexibility index (Phi) is 5.25. The van der Waals surface area contributed by atoms with Crippen LogP contribution < -0.4 is 15.5 Å². The van der Waals surface area contributed by atoms with E-state index in [0.717, 1.165) is 24.9 Å². The Labute approximate surface area is 127 Å². The maximum absolute atomic E-state index is 12.0. The molecule has 21 heavy (non-hydrogen) atoms. The highest BCUT2D eigenvalue weighted by atomic mass is 16.2. The van der Waals surface area contributed by atoms with Crippen molar-refractivity contribution in [2.75, 3.05) is 19.6 Å². The van der Waals surface area contributed by atoms with Crippen LogP contribution in [0.5, 0.6) is 0 Å². The molecule has 1 aliphatic heterocycles. The smallest absolute Gasteiger partial charge is 0.322 e. The molecule has 0 radical (unpaired) electrons. The highest BCUT2D eigenvalue weighted by molar-refractivity contribution is 5.94. The summed E-state index contributed by atoms with van der Waals surface area (Å²) in [6.45, 7) is 8.28. The van der Waals surface area contributed by atoms with Crippen molar-refractivity contribution in [3.05, 3.63) is 0 Å². The van der Waals surface area contributed by atoms with Gasteiger partial charge in [0.1, 0.15) is 0 Å². The summed E-state index contributed by atoms with van der Waals surface area (Å²) in [4.78, 5) is 25.0. The summed E-state index contributed by atoms with van der Waals surface area (Å²) in [5, 5.41) is 5.20. The van der Waals surface area contributed by atoms with E-state index in [1.165, 1.54) is 37.0 Å². The van der Waals surface area contributed by atoms with Crippen LogP contribution in [0.1, 0.15) is 52.9 Å². The zero-order chi connectivity index (χ0) is 15.5. The molecule has 0 aromatic rings. The molecule has 0 aromatic heterocycles. The molecule has 0 spiro atoms. The van der Waals surface area contributed by atoms with Crippen LogP contribution >= 0.6 is 0 Å². The van der Waals surface area contributed by atoms with Gasteiger partial charge in [-0.2, -0.15) is 0 Å². The van der Waals surface area contributed by atoms with Gasteiger partial charge >= 0.3 is 6.03 Å². The molecule has 2 fully saturated rings. The second-order valence-electron chi connectivity index (χ2n) is 7.73. The van der Waals surface area contributed by atoms with Gasteiger partial charge in [-0.25, -0.2) is 4.79 Å². The standard InChI is InChI=1S/C16H29N3O2/c1-16(2,3)18-15(21)17-14(20)11-19-9-8-12-6-4-5-7-13(12)10-19/h12-13H,4-11H2,1-3H3,(H2,17,18,20,21)/p+1/t12-,13-/m1/s1. The summed E-state index contributed by atoms with van der Waals surface area (Å²) < 4.78 is 0. The quantitative estimate of drug-likeness (QED) is 0.702. The average Bonchev–Trinajstić information content (AvgIpc) is 2.35. The molecule has 5 heteroatoms. The number of carbonyl (C=O) groups is 2. The first-order chi connectivity index (χ1) is 9.83. The van der Waals surface area contributed by atoms with Gasteiger partial charge in [0.2, 0.25) is 0 Å². The molecule has 2 rings (SSSR count). The number of quaternary nitrogens is 1. The predicted octanol–water partition coefficient (Wildman–Crippen LogP) is 0.706. The van der Waals surface area contributed by atoms with Gasteiger partial charge in [-0.15, -0.1) is 0 Å². The van der Waals surface area contributed by atoms with Gasteiger partial charge < -0.3 is 10.2 Å². The molecule has 1 heterocycles. The zero-order valence-corrected chi connectivity index (χ0v) is 13.6. The van der Waals surface area contributed by atoms with Crippen LogP contribution in [0.3, 0.4) is 0 Å². The zero-order valence-electron chi connectivity index (χ0n) is 13.6. The van der Waals surface area contributed by atoms with Gasteiger partial charge in [-0.1, -0.05) is 12.8 Å². The Morgan fingerprint density at radius 1 is 1.10 bits per heavy atom. The predicted molar refractivity (Wildman–Crippen MR) is 82.1 cm³/mol. The fourth-order valence-electron chi connectivity index (χ4n) is 3.73. The van der Waals surface area contributed by atoms with Gasteiger partial charge in [0, 0.05) is 11.5 Å². The van der Waals surface area contributed by atoms with Crippen molar-refractivity contribution < 1.29 is 14.5 Å². The van der Waals surface area contributed by atoms with Gasteiger partial charge in [0.15, 0.2) is 6.54 Å². The van der Waals surface area contributed by atoms with E-state index >= 15 is 0 Å². The summed E-state index contributed by atoms with van der Waals surface area (Å²) in [7, 11) is 0. The van der Waals surface area contributed by atoms with Crippen molar-refractivity contribution in [3.8, 4) is 0 Å². The number of hydrogen-bond acceptors (Lipinski definition) is 2. The summed E-state index contributed by atoms with van der Waals surface area (Å²) in [5.74, 6) is 1.51. The van der Waals surface area contributed by atoms with E-state index in [4.69, 9.17) is 0 Å². The Bertz CT molecular complexity index is 389. The first-order valence-corrected chi connectivity index (χ1v) is 8.29. The summed E-state index contributed by atoms with van der Waals surface area (Å²) in [6, 6.07) is -0.389. The van der Waals surface area contributed by atoms with E-state index in [9.17, 15) is 9.59 Å². The second kappa shape index (κ2) is 6.77. The molecular weight excluding hydrogens is 266 g/mol. The molecule has 0 aromatic carbocycles. The van der Waals surface area contributed by atoms with Gasteiger partial charge in [0.25, 0.3) is 5.91 Å². The van der Waals surface area contributed by atoms with E-state index < -0.39 is 0 Å². The van der Waals surface area contributed by atoms with Gasteiger partial charge in [-0.3, -0.25) is 10.1 Å². The van der Waals surface area contributed by atoms with Crippen LogP contribution in [-0.2, 0) is 4.79 Å². The van der Waals surface area contributed by atoms with Crippen LogP contribution in [0.2, 0.25) is 0 Å². The Morgan fingerprint density at radius 2 is 1.76 bits per heavy atom. The third-order valence-corrected chi connectivity index (χ3v) is 4.64. The van der Waals surface area contributed by atoms with E-state index in [0.29, 0.717) is 6.54 Å². The van der Waals surface area contributed by atoms with E-state index in [1.54, 1.807) is 0 Å². The highest BCUT2D eigenvalue weighted by Gasteiger charge is 2.34. The number of likely N-dealkylation sites (tertiary alicyclic amines) is 1. The average molecular weight is 296 g/mol. The Balaban J connectivity index is 1.74. The lowest BCUT2D eigenvalue weighted by molar-refractivity contribution is -0.902. The molecular formula is C16H30N3O2+. The van der Waals surface area contributed by atoms with Crippen molar-refractivity contribution >= 4 is 11.9 Å². The fourth-order valence-corrected chi connectivity index (χ4v) is 3.73. The lowest BCUT2D eigenvalue weighted by atomic mass is 9.75. The monoisotopic (exact) mass is 296 g/mol. The van der Waals surface area contributed by atoms with Crippen LogP contribution in [0.15, 0.2) is 0 Å². The minimum absolute atomic E-state index is 0.166. The maximum atomic E-state index is 12.0. The topological polar surface area (TPSA) is 62.6 Å². The Hall–Kier alpha value is -1.10. The van der Waals surface area contributed by atoms with Crippen LogP contribution in [-0.4, -0.2) is 37.1 Å². The molecule has 3 atom stereocenters. The number of hydrogen-bond donors (Lipinski definition) is 3. The van der Waals surface area contributed by atoms with Crippen molar-refractivity contribution in [3.63, 3.8) is 0 Å². The SMILES string of the molecule is CC(C)(C)NC(=O)NC(=O)C[NH+]1CC[C@H]2CCCC[C@@H]2C1. The minimum Gasteiger partial charge on any atom is -0.333 e. The number of amides is 3. The van der Waals surface area contributed by atoms with Crippen LogP contribution in [0.25, 0.3) is 0 Å². The Morgan fingerprint density at radius 3 is 2.43 bits per heavy atom. The normalized spacial score (nSPS) is 29.4. The maximum Gasteiger partial charge on any atom is 0.322 e. The summed E-state index contributed by atoms with van der Waals surface area (Å²) in [5.41, 5.74) is -0.322. The third kappa shape index (κ3) is 5.30. The molecule has 3 N–H and O–H groups in total. The molecule has 3 amide bonds. The molecule has 1 saturated carbocycles. The van der Waals surface area contributed by atoms with Crippen molar-refractivity contribution in [2.45, 2.75) is 58.4 Å². The summed E-state index contributed by atoms with van der Waals surface area (Å²) >= 11 is 0. The first kappa shape index (κ1) is 16.3. The first-order valence-electron chi connectivity index (χ1n) is 8.29. The van der Waals surface area contributed by atoms with Crippen molar-refractivity contribution in [1.29, 1.82) is 0 Å². The minimum atomic E-state index is -0.389. The lowest BCUT2D eigenvalue weighted by Gasteiger charge is -2.38. The van der Waals surface area contributed by atoms with Gasteiger partial charge in [-0.05, 0) is 46.0 Å². The van der Waals surface area contributed by atoms with Crippen molar-refractivity contribution in [1.82, 2.24) is 10.6 Å². The number of nitrogens with one attached hydrogen (secondary N) is 3. The third-order valence-electron chi connectivity index (χ3n) is 4.64. The summed E-state index contributed by atoms with van der Waals surface area (Å²) in [6.07, 6.45) is 6.65. The number of rotatable bonds is 2. The lowest BCUT2D eigenvalue weighted by Crippen LogP contribution is -3.15.